The molecule has 0 saturated carbocycles. The summed E-state index contributed by atoms with van der Waals surface area (Å²) in [6.45, 7) is 7.26. The van der Waals surface area contributed by atoms with Crippen molar-refractivity contribution in [3.8, 4) is 0 Å². The van der Waals surface area contributed by atoms with E-state index >= 15 is 0 Å². The number of likely N-dealkylation sites (tertiary alicyclic amines) is 1. The van der Waals surface area contributed by atoms with E-state index in [-0.39, 0.29) is 12.1 Å². The molecule has 108 valence electrons. The zero-order valence-corrected chi connectivity index (χ0v) is 12.5. The Kier molecular flexibility index (Phi) is 4.99. The monoisotopic (exact) mass is 284 g/mol. The lowest BCUT2D eigenvalue weighted by molar-refractivity contribution is 0.108. The normalized spacial score (nSPS) is 22.6. The maximum Gasteiger partial charge on any atom is 0.320 e. The summed E-state index contributed by atoms with van der Waals surface area (Å²) in [6.07, 6.45) is 3.23. The number of nitrogens with two attached hydrogens (primary N) is 1. The topological polar surface area (TPSA) is 52.8 Å². The SMILES string of the molecule is CCC(C(N)=S)N1CCN(C(=O)N2CCCC2)CC1. The molecule has 2 saturated heterocycles. The number of piperazine rings is 1. The third kappa shape index (κ3) is 3.36. The van der Waals surface area contributed by atoms with Crippen LogP contribution in [0.1, 0.15) is 26.2 Å². The third-order valence-corrected chi connectivity index (χ3v) is 4.39. The Hall–Kier alpha value is -0.880. The molecule has 0 aromatic carbocycles. The van der Waals surface area contributed by atoms with Crippen molar-refractivity contribution in [2.24, 2.45) is 5.73 Å². The number of carbonyl (C=O) groups excluding carboxylic acids is 1. The predicted molar refractivity (Wildman–Crippen MR) is 80.2 cm³/mol. The lowest BCUT2D eigenvalue weighted by atomic mass is 10.1. The molecule has 2 aliphatic heterocycles. The smallest absolute Gasteiger partial charge is 0.320 e. The Morgan fingerprint density at radius 1 is 1.11 bits per heavy atom. The number of amides is 2. The van der Waals surface area contributed by atoms with Gasteiger partial charge in [0.1, 0.15) is 0 Å². The fourth-order valence-corrected chi connectivity index (χ4v) is 3.29. The van der Waals surface area contributed by atoms with Crippen molar-refractivity contribution in [3.63, 3.8) is 0 Å². The molecule has 2 amide bonds. The number of carbonyl (C=O) groups is 1. The first-order chi connectivity index (χ1) is 9.13. The molecule has 0 bridgehead atoms. The molecule has 5 nitrogen and oxygen atoms in total. The second kappa shape index (κ2) is 6.52. The van der Waals surface area contributed by atoms with Gasteiger partial charge in [0, 0.05) is 39.3 Å². The maximum absolute atomic E-state index is 12.3. The first-order valence-corrected chi connectivity index (χ1v) is 7.61. The molecule has 0 aromatic rings. The average Bonchev–Trinajstić information content (AvgIpc) is 2.93. The molecule has 2 fully saturated rings. The van der Waals surface area contributed by atoms with E-state index in [0.717, 1.165) is 58.5 Å². The van der Waals surface area contributed by atoms with E-state index in [1.165, 1.54) is 0 Å². The van der Waals surface area contributed by atoms with Crippen molar-refractivity contribution >= 4 is 23.2 Å². The molecule has 2 heterocycles. The zero-order valence-electron chi connectivity index (χ0n) is 11.7. The van der Waals surface area contributed by atoms with Gasteiger partial charge in [-0.1, -0.05) is 19.1 Å². The van der Waals surface area contributed by atoms with Crippen molar-refractivity contribution in [3.05, 3.63) is 0 Å². The summed E-state index contributed by atoms with van der Waals surface area (Å²) in [6, 6.07) is 0.388. The number of thiocarbonyl (C=S) groups is 1. The van der Waals surface area contributed by atoms with E-state index in [9.17, 15) is 4.79 Å². The predicted octanol–water partition coefficient (Wildman–Crippen LogP) is 0.885. The van der Waals surface area contributed by atoms with Gasteiger partial charge in [0.25, 0.3) is 0 Å². The van der Waals surface area contributed by atoms with Crippen molar-refractivity contribution in [1.29, 1.82) is 0 Å². The number of urea groups is 1. The molecule has 2 aliphatic rings. The summed E-state index contributed by atoms with van der Waals surface area (Å²) >= 11 is 5.11. The first kappa shape index (κ1) is 14.5. The van der Waals surface area contributed by atoms with E-state index in [1.54, 1.807) is 0 Å². The summed E-state index contributed by atoms with van der Waals surface area (Å²) < 4.78 is 0. The molecule has 0 radical (unpaired) electrons. The summed E-state index contributed by atoms with van der Waals surface area (Å²) in [5.74, 6) is 0. The second-order valence-corrected chi connectivity index (χ2v) is 5.80. The summed E-state index contributed by atoms with van der Waals surface area (Å²) in [4.78, 5) is 19.1. The maximum atomic E-state index is 12.3. The van der Waals surface area contributed by atoms with E-state index in [1.807, 2.05) is 9.80 Å². The van der Waals surface area contributed by atoms with Crippen LogP contribution in [0, 0.1) is 0 Å². The first-order valence-electron chi connectivity index (χ1n) is 7.20. The molecular weight excluding hydrogens is 260 g/mol. The molecule has 2 rings (SSSR count). The number of hydrogen-bond acceptors (Lipinski definition) is 3. The lowest BCUT2D eigenvalue weighted by Gasteiger charge is -2.39. The van der Waals surface area contributed by atoms with Crippen LogP contribution in [-0.2, 0) is 0 Å². The molecule has 1 unspecified atom stereocenters. The van der Waals surface area contributed by atoms with Gasteiger partial charge in [-0.3, -0.25) is 4.90 Å². The molecule has 19 heavy (non-hydrogen) atoms. The van der Waals surface area contributed by atoms with Gasteiger partial charge in [-0.05, 0) is 19.3 Å². The van der Waals surface area contributed by atoms with Crippen LogP contribution in [-0.4, -0.2) is 71.0 Å². The summed E-state index contributed by atoms with van der Waals surface area (Å²) in [7, 11) is 0. The molecule has 1 atom stereocenters. The van der Waals surface area contributed by atoms with Crippen molar-refractivity contribution in [2.45, 2.75) is 32.2 Å². The number of hydrogen-bond donors (Lipinski definition) is 1. The fraction of sp³-hybridized carbons (Fsp3) is 0.846. The second-order valence-electron chi connectivity index (χ2n) is 5.33. The van der Waals surface area contributed by atoms with Gasteiger partial charge in [-0.2, -0.15) is 0 Å². The Morgan fingerprint density at radius 3 is 2.11 bits per heavy atom. The van der Waals surface area contributed by atoms with Crippen molar-refractivity contribution in [2.75, 3.05) is 39.3 Å². The summed E-state index contributed by atoms with van der Waals surface area (Å²) in [5.41, 5.74) is 5.77. The highest BCUT2D eigenvalue weighted by molar-refractivity contribution is 7.80. The van der Waals surface area contributed by atoms with Gasteiger partial charge in [-0.25, -0.2) is 4.79 Å². The molecular formula is C13H24N4OS. The van der Waals surface area contributed by atoms with E-state index in [0.29, 0.717) is 4.99 Å². The van der Waals surface area contributed by atoms with Gasteiger partial charge >= 0.3 is 6.03 Å². The minimum atomic E-state index is 0.180. The van der Waals surface area contributed by atoms with Gasteiger partial charge in [0.05, 0.1) is 11.0 Å². The van der Waals surface area contributed by atoms with Crippen LogP contribution in [0.15, 0.2) is 0 Å². The highest BCUT2D eigenvalue weighted by atomic mass is 32.1. The van der Waals surface area contributed by atoms with Gasteiger partial charge in [0.2, 0.25) is 0 Å². The number of rotatable bonds is 3. The van der Waals surface area contributed by atoms with Gasteiger partial charge in [-0.15, -0.1) is 0 Å². The minimum Gasteiger partial charge on any atom is -0.392 e. The van der Waals surface area contributed by atoms with Crippen molar-refractivity contribution in [1.82, 2.24) is 14.7 Å². The Bertz CT molecular complexity index is 336. The van der Waals surface area contributed by atoms with Gasteiger partial charge < -0.3 is 15.5 Å². The minimum absolute atomic E-state index is 0.180. The molecule has 0 spiro atoms. The van der Waals surface area contributed by atoms with Crippen LogP contribution in [0.5, 0.6) is 0 Å². The Morgan fingerprint density at radius 2 is 1.63 bits per heavy atom. The molecule has 0 aliphatic carbocycles. The standard InChI is InChI=1S/C13H24N4OS/c1-2-11(12(14)19)15-7-9-17(10-8-15)13(18)16-5-3-4-6-16/h11H,2-10H2,1H3,(H2,14,19). The zero-order chi connectivity index (χ0) is 13.8. The Labute approximate surface area is 120 Å². The lowest BCUT2D eigenvalue weighted by Crippen LogP contribution is -2.56. The molecule has 0 aromatic heterocycles. The quantitative estimate of drug-likeness (QED) is 0.782. The highest BCUT2D eigenvalue weighted by Gasteiger charge is 2.29. The van der Waals surface area contributed by atoms with Crippen LogP contribution in [0.25, 0.3) is 0 Å². The van der Waals surface area contributed by atoms with Crippen LogP contribution >= 0.6 is 12.2 Å². The van der Waals surface area contributed by atoms with Crippen LogP contribution in [0.4, 0.5) is 4.79 Å². The van der Waals surface area contributed by atoms with Crippen LogP contribution < -0.4 is 5.73 Å². The van der Waals surface area contributed by atoms with Gasteiger partial charge in [0.15, 0.2) is 0 Å². The van der Waals surface area contributed by atoms with Crippen LogP contribution in [0.3, 0.4) is 0 Å². The average molecular weight is 284 g/mol. The molecule has 6 heteroatoms. The summed E-state index contributed by atoms with van der Waals surface area (Å²) in [5, 5.41) is 0. The fourth-order valence-electron chi connectivity index (χ4n) is 2.97. The third-order valence-electron chi connectivity index (χ3n) is 4.12. The van der Waals surface area contributed by atoms with E-state index in [4.69, 9.17) is 18.0 Å². The van der Waals surface area contributed by atoms with E-state index < -0.39 is 0 Å². The van der Waals surface area contributed by atoms with Crippen molar-refractivity contribution < 1.29 is 4.79 Å². The molecule has 2 N–H and O–H groups in total. The highest BCUT2D eigenvalue weighted by Crippen LogP contribution is 2.14. The Balaban J connectivity index is 1.84. The largest absolute Gasteiger partial charge is 0.392 e. The number of nitrogens with zero attached hydrogens (tertiary/aromatic N) is 3. The van der Waals surface area contributed by atoms with E-state index in [2.05, 4.69) is 11.8 Å². The van der Waals surface area contributed by atoms with Crippen LogP contribution in [0.2, 0.25) is 0 Å².